The molecule has 2 N–H and O–H groups in total. The summed E-state index contributed by atoms with van der Waals surface area (Å²) >= 11 is 1.83. The fourth-order valence-corrected chi connectivity index (χ4v) is 3.48. The molecule has 0 bridgehead atoms. The number of carbonyl (C=O) groups is 1. The van der Waals surface area contributed by atoms with Crippen molar-refractivity contribution >= 4 is 17.7 Å². The van der Waals surface area contributed by atoms with Gasteiger partial charge in [-0.05, 0) is 48.5 Å². The van der Waals surface area contributed by atoms with Crippen LogP contribution in [0.3, 0.4) is 0 Å². The van der Waals surface area contributed by atoms with E-state index in [1.807, 2.05) is 17.8 Å². The first kappa shape index (κ1) is 15.3. The molecule has 1 aliphatic heterocycles. The van der Waals surface area contributed by atoms with Gasteiger partial charge in [-0.15, -0.1) is 0 Å². The maximum Gasteiger partial charge on any atom is 0.220 e. The molecule has 0 aliphatic carbocycles. The normalized spacial score (nSPS) is 17.7. The molecule has 1 fully saturated rings. The lowest BCUT2D eigenvalue weighted by molar-refractivity contribution is -0.122. The van der Waals surface area contributed by atoms with Crippen molar-refractivity contribution in [3.05, 3.63) is 35.6 Å². The molecule has 2 rings (SSSR count). The molecule has 0 radical (unpaired) electrons. The average Bonchev–Trinajstić information content (AvgIpc) is 2.44. The van der Waals surface area contributed by atoms with Gasteiger partial charge in [0.05, 0.1) is 5.60 Å². The summed E-state index contributed by atoms with van der Waals surface area (Å²) in [4.78, 5) is 11.8. The van der Waals surface area contributed by atoms with E-state index in [1.165, 1.54) is 12.1 Å². The Kier molecular flexibility index (Phi) is 5.43. The lowest BCUT2D eigenvalue weighted by atomic mass is 9.97. The second kappa shape index (κ2) is 7.09. The van der Waals surface area contributed by atoms with Crippen molar-refractivity contribution < 1.29 is 14.3 Å². The van der Waals surface area contributed by atoms with Gasteiger partial charge in [-0.1, -0.05) is 12.1 Å². The molecule has 1 aromatic rings. The van der Waals surface area contributed by atoms with Gasteiger partial charge in [0.15, 0.2) is 0 Å². The van der Waals surface area contributed by atoms with Crippen LogP contribution in [0, 0.1) is 5.82 Å². The van der Waals surface area contributed by atoms with Crippen molar-refractivity contribution in [2.24, 2.45) is 0 Å². The number of thioether (sulfide) groups is 1. The van der Waals surface area contributed by atoms with Gasteiger partial charge < -0.3 is 10.4 Å². The molecule has 0 aromatic heterocycles. The van der Waals surface area contributed by atoms with E-state index in [2.05, 4.69) is 5.32 Å². The number of halogens is 1. The third-order valence-corrected chi connectivity index (χ3v) is 4.55. The van der Waals surface area contributed by atoms with Crippen LogP contribution in [-0.2, 0) is 11.2 Å². The zero-order chi connectivity index (χ0) is 14.4. The van der Waals surface area contributed by atoms with Crippen LogP contribution < -0.4 is 5.32 Å². The number of benzene rings is 1. The number of aryl methyl sites for hydroxylation is 1. The summed E-state index contributed by atoms with van der Waals surface area (Å²) in [6.07, 6.45) is 2.27. The molecule has 0 spiro atoms. The molecular weight excluding hydrogens is 277 g/mol. The first-order valence-electron chi connectivity index (χ1n) is 6.89. The van der Waals surface area contributed by atoms with Crippen molar-refractivity contribution in [1.29, 1.82) is 0 Å². The molecule has 1 saturated heterocycles. The molecule has 1 aliphatic rings. The largest absolute Gasteiger partial charge is 0.388 e. The second-order valence-electron chi connectivity index (χ2n) is 5.24. The van der Waals surface area contributed by atoms with Crippen molar-refractivity contribution in [3.8, 4) is 0 Å². The first-order chi connectivity index (χ1) is 9.57. The van der Waals surface area contributed by atoms with Crippen molar-refractivity contribution in [3.63, 3.8) is 0 Å². The van der Waals surface area contributed by atoms with Crippen LogP contribution in [0.1, 0.15) is 24.8 Å². The summed E-state index contributed by atoms with van der Waals surface area (Å²) in [6.45, 7) is 0.315. The van der Waals surface area contributed by atoms with Gasteiger partial charge >= 0.3 is 0 Å². The van der Waals surface area contributed by atoms with Crippen molar-refractivity contribution in [2.45, 2.75) is 31.3 Å². The molecule has 0 unspecified atom stereocenters. The van der Waals surface area contributed by atoms with E-state index < -0.39 is 5.60 Å². The zero-order valence-electron chi connectivity index (χ0n) is 11.4. The van der Waals surface area contributed by atoms with E-state index in [0.29, 0.717) is 19.4 Å². The Morgan fingerprint density at radius 2 is 2.15 bits per heavy atom. The summed E-state index contributed by atoms with van der Waals surface area (Å²) in [5.74, 6) is 1.50. The molecular formula is C15H20FNO2S. The number of amides is 1. The summed E-state index contributed by atoms with van der Waals surface area (Å²) in [5.41, 5.74) is 0.0627. The maximum absolute atomic E-state index is 13.0. The number of hydrogen-bond acceptors (Lipinski definition) is 3. The monoisotopic (exact) mass is 297 g/mol. The molecule has 1 aromatic carbocycles. The van der Waals surface area contributed by atoms with Crippen LogP contribution in [0.15, 0.2) is 24.3 Å². The molecule has 20 heavy (non-hydrogen) atoms. The van der Waals surface area contributed by atoms with Gasteiger partial charge in [-0.3, -0.25) is 4.79 Å². The van der Waals surface area contributed by atoms with Gasteiger partial charge in [-0.25, -0.2) is 4.39 Å². The minimum Gasteiger partial charge on any atom is -0.388 e. The van der Waals surface area contributed by atoms with Crippen LogP contribution in [0.4, 0.5) is 4.39 Å². The third kappa shape index (κ3) is 4.80. The van der Waals surface area contributed by atoms with E-state index in [1.54, 1.807) is 6.07 Å². The van der Waals surface area contributed by atoms with E-state index in [4.69, 9.17) is 0 Å². The quantitative estimate of drug-likeness (QED) is 0.875. The van der Waals surface area contributed by atoms with Crippen LogP contribution in [0.5, 0.6) is 0 Å². The highest BCUT2D eigenvalue weighted by molar-refractivity contribution is 7.99. The Hall–Kier alpha value is -1.07. The number of nitrogens with one attached hydrogen (secondary N) is 1. The summed E-state index contributed by atoms with van der Waals surface area (Å²) in [6, 6.07) is 6.28. The van der Waals surface area contributed by atoms with E-state index in [0.717, 1.165) is 29.9 Å². The molecule has 0 atom stereocenters. The SMILES string of the molecule is O=C(CCc1cccc(F)c1)NCC1(O)CCSCC1. The van der Waals surface area contributed by atoms with Crippen LogP contribution in [0.25, 0.3) is 0 Å². The summed E-state index contributed by atoms with van der Waals surface area (Å²) in [7, 11) is 0. The van der Waals surface area contributed by atoms with E-state index in [-0.39, 0.29) is 11.7 Å². The topological polar surface area (TPSA) is 49.3 Å². The lowest BCUT2D eigenvalue weighted by Gasteiger charge is -2.31. The fourth-order valence-electron chi connectivity index (χ4n) is 2.23. The highest BCUT2D eigenvalue weighted by Gasteiger charge is 2.29. The predicted octanol–water partition coefficient (Wildman–Crippen LogP) is 2.13. The molecule has 0 saturated carbocycles. The van der Waals surface area contributed by atoms with Gasteiger partial charge in [0.2, 0.25) is 5.91 Å². The van der Waals surface area contributed by atoms with Crippen LogP contribution in [0.2, 0.25) is 0 Å². The highest BCUT2D eigenvalue weighted by Crippen LogP contribution is 2.26. The number of hydrogen-bond donors (Lipinski definition) is 2. The Morgan fingerprint density at radius 1 is 1.40 bits per heavy atom. The zero-order valence-corrected chi connectivity index (χ0v) is 12.2. The third-order valence-electron chi connectivity index (χ3n) is 3.57. The predicted molar refractivity (Wildman–Crippen MR) is 79.2 cm³/mol. The van der Waals surface area contributed by atoms with Gasteiger partial charge in [0, 0.05) is 13.0 Å². The first-order valence-corrected chi connectivity index (χ1v) is 8.04. The minimum atomic E-state index is -0.750. The molecule has 1 heterocycles. The van der Waals surface area contributed by atoms with Crippen LogP contribution in [-0.4, -0.2) is 34.7 Å². The molecule has 5 heteroatoms. The Labute approximate surface area is 123 Å². The average molecular weight is 297 g/mol. The van der Waals surface area contributed by atoms with E-state index >= 15 is 0 Å². The molecule has 110 valence electrons. The van der Waals surface area contributed by atoms with E-state index in [9.17, 15) is 14.3 Å². The summed E-state index contributed by atoms with van der Waals surface area (Å²) < 4.78 is 13.0. The number of aliphatic hydroxyl groups is 1. The van der Waals surface area contributed by atoms with Gasteiger partial charge in [0.1, 0.15) is 5.82 Å². The number of rotatable bonds is 5. The maximum atomic E-state index is 13.0. The Morgan fingerprint density at radius 3 is 2.85 bits per heavy atom. The Balaban J connectivity index is 1.72. The van der Waals surface area contributed by atoms with Crippen molar-refractivity contribution in [1.82, 2.24) is 5.32 Å². The molecule has 3 nitrogen and oxygen atoms in total. The summed E-state index contributed by atoms with van der Waals surface area (Å²) in [5, 5.41) is 13.0. The van der Waals surface area contributed by atoms with Crippen molar-refractivity contribution in [2.75, 3.05) is 18.1 Å². The second-order valence-corrected chi connectivity index (χ2v) is 6.47. The highest BCUT2D eigenvalue weighted by atomic mass is 32.2. The number of carbonyl (C=O) groups excluding carboxylic acids is 1. The van der Waals surface area contributed by atoms with Gasteiger partial charge in [-0.2, -0.15) is 11.8 Å². The lowest BCUT2D eigenvalue weighted by Crippen LogP contribution is -2.45. The standard InChI is InChI=1S/C15H20FNO2S/c16-13-3-1-2-12(10-13)4-5-14(18)17-11-15(19)6-8-20-9-7-15/h1-3,10,19H,4-9,11H2,(H,17,18). The Bertz CT molecular complexity index is 461. The molecule has 1 amide bonds. The fraction of sp³-hybridized carbons (Fsp3) is 0.533. The minimum absolute atomic E-state index is 0.0964. The smallest absolute Gasteiger partial charge is 0.220 e. The van der Waals surface area contributed by atoms with Crippen LogP contribution >= 0.6 is 11.8 Å². The van der Waals surface area contributed by atoms with Gasteiger partial charge in [0.25, 0.3) is 0 Å².